The lowest BCUT2D eigenvalue weighted by Gasteiger charge is -2.33. The van der Waals surface area contributed by atoms with E-state index in [9.17, 15) is 4.79 Å². The van der Waals surface area contributed by atoms with E-state index in [0.717, 1.165) is 12.8 Å². The summed E-state index contributed by atoms with van der Waals surface area (Å²) in [6.07, 6.45) is 8.15. The number of rotatable bonds is 3. The highest BCUT2D eigenvalue weighted by Gasteiger charge is 2.47. The number of aliphatic carboxylic acids is 1. The van der Waals surface area contributed by atoms with Gasteiger partial charge in [-0.1, -0.05) is 19.1 Å². The van der Waals surface area contributed by atoms with Gasteiger partial charge in [-0.3, -0.25) is 4.79 Å². The van der Waals surface area contributed by atoms with Crippen LogP contribution < -0.4 is 0 Å². The van der Waals surface area contributed by atoms with E-state index in [-0.39, 0.29) is 5.41 Å². The monoisotopic (exact) mass is 180 g/mol. The van der Waals surface area contributed by atoms with Crippen LogP contribution in [0, 0.1) is 17.3 Å². The number of hydrogen-bond donors (Lipinski definition) is 1. The number of carboxylic acids is 1. The Hall–Kier alpha value is -0.790. The van der Waals surface area contributed by atoms with Crippen LogP contribution in [0.25, 0.3) is 0 Å². The van der Waals surface area contributed by atoms with E-state index in [1.165, 1.54) is 6.42 Å². The van der Waals surface area contributed by atoms with Crippen molar-refractivity contribution in [2.75, 3.05) is 0 Å². The molecule has 3 unspecified atom stereocenters. The van der Waals surface area contributed by atoms with E-state index in [1.807, 2.05) is 0 Å². The molecule has 2 rings (SSSR count). The van der Waals surface area contributed by atoms with Crippen molar-refractivity contribution in [1.29, 1.82) is 0 Å². The average molecular weight is 180 g/mol. The van der Waals surface area contributed by atoms with Gasteiger partial charge in [-0.25, -0.2) is 0 Å². The molecule has 13 heavy (non-hydrogen) atoms. The quantitative estimate of drug-likeness (QED) is 0.677. The van der Waals surface area contributed by atoms with Gasteiger partial charge in [0.25, 0.3) is 0 Å². The number of carboxylic acid groups (broad SMARTS) is 1. The van der Waals surface area contributed by atoms with Gasteiger partial charge in [-0.2, -0.15) is 0 Å². The predicted molar refractivity (Wildman–Crippen MR) is 50.3 cm³/mol. The zero-order chi connectivity index (χ0) is 9.47. The largest absolute Gasteiger partial charge is 0.481 e. The number of hydrogen-bond acceptors (Lipinski definition) is 1. The summed E-state index contributed by atoms with van der Waals surface area (Å²) in [7, 11) is 0. The smallest absolute Gasteiger partial charge is 0.303 e. The third kappa shape index (κ3) is 1.28. The molecule has 2 nitrogen and oxygen atoms in total. The Morgan fingerprint density at radius 1 is 1.62 bits per heavy atom. The van der Waals surface area contributed by atoms with E-state index in [1.54, 1.807) is 0 Å². The lowest BCUT2D eigenvalue weighted by Crippen LogP contribution is -2.28. The van der Waals surface area contributed by atoms with Crippen LogP contribution in [0.1, 0.15) is 32.6 Å². The Kier molecular flexibility index (Phi) is 1.94. The summed E-state index contributed by atoms with van der Waals surface area (Å²) in [4.78, 5) is 10.8. The Balaban J connectivity index is 2.17. The minimum atomic E-state index is -0.636. The van der Waals surface area contributed by atoms with Crippen LogP contribution in [-0.4, -0.2) is 11.1 Å². The standard InChI is InChI=1S/C11H16O2/c1-2-11(7-10(12)13)6-8-3-4-9(11)5-8/h3-4,8-9H,2,5-7H2,1H3,(H,12,13). The molecule has 0 heterocycles. The molecule has 1 saturated carbocycles. The minimum absolute atomic E-state index is 0.0885. The average Bonchev–Trinajstić information content (AvgIpc) is 2.62. The fraction of sp³-hybridized carbons (Fsp3) is 0.727. The van der Waals surface area contributed by atoms with Crippen molar-refractivity contribution in [1.82, 2.24) is 0 Å². The first-order valence-electron chi connectivity index (χ1n) is 5.06. The second-order valence-corrected chi connectivity index (χ2v) is 4.48. The third-order valence-electron chi connectivity index (χ3n) is 3.83. The highest BCUT2D eigenvalue weighted by molar-refractivity contribution is 5.68. The van der Waals surface area contributed by atoms with Crippen molar-refractivity contribution >= 4 is 5.97 Å². The summed E-state index contributed by atoms with van der Waals surface area (Å²) in [5.41, 5.74) is 0.0885. The zero-order valence-electron chi connectivity index (χ0n) is 7.99. The van der Waals surface area contributed by atoms with Gasteiger partial charge in [-0.05, 0) is 36.5 Å². The van der Waals surface area contributed by atoms with Crippen LogP contribution in [0.3, 0.4) is 0 Å². The topological polar surface area (TPSA) is 37.3 Å². The third-order valence-corrected chi connectivity index (χ3v) is 3.83. The van der Waals surface area contributed by atoms with Crippen LogP contribution in [0.4, 0.5) is 0 Å². The molecule has 2 heteroatoms. The van der Waals surface area contributed by atoms with E-state index in [4.69, 9.17) is 5.11 Å². The maximum atomic E-state index is 10.8. The Morgan fingerprint density at radius 2 is 2.38 bits per heavy atom. The van der Waals surface area contributed by atoms with Crippen molar-refractivity contribution in [3.05, 3.63) is 12.2 Å². The highest BCUT2D eigenvalue weighted by Crippen LogP contribution is 2.55. The molecule has 0 aromatic carbocycles. The molecular weight excluding hydrogens is 164 g/mol. The minimum Gasteiger partial charge on any atom is -0.481 e. The van der Waals surface area contributed by atoms with Crippen molar-refractivity contribution < 1.29 is 9.90 Å². The van der Waals surface area contributed by atoms with Gasteiger partial charge in [0.1, 0.15) is 0 Å². The fourth-order valence-electron chi connectivity index (χ4n) is 3.09. The molecule has 0 radical (unpaired) electrons. The van der Waals surface area contributed by atoms with Crippen molar-refractivity contribution in [3.63, 3.8) is 0 Å². The van der Waals surface area contributed by atoms with Crippen LogP contribution in [0.5, 0.6) is 0 Å². The van der Waals surface area contributed by atoms with Crippen molar-refractivity contribution in [3.8, 4) is 0 Å². The maximum absolute atomic E-state index is 10.8. The first-order chi connectivity index (χ1) is 6.16. The molecule has 0 aliphatic heterocycles. The number of allylic oxidation sites excluding steroid dienone is 2. The zero-order valence-corrected chi connectivity index (χ0v) is 7.99. The highest BCUT2D eigenvalue weighted by atomic mass is 16.4. The van der Waals surface area contributed by atoms with Crippen molar-refractivity contribution in [2.45, 2.75) is 32.6 Å². The van der Waals surface area contributed by atoms with Crippen molar-refractivity contribution in [2.24, 2.45) is 17.3 Å². The lowest BCUT2D eigenvalue weighted by molar-refractivity contribution is -0.140. The van der Waals surface area contributed by atoms with E-state index in [2.05, 4.69) is 19.1 Å². The summed E-state index contributed by atoms with van der Waals surface area (Å²) in [6.45, 7) is 2.12. The van der Waals surface area contributed by atoms with Gasteiger partial charge in [0.15, 0.2) is 0 Å². The first kappa shape index (κ1) is 8.79. The van der Waals surface area contributed by atoms with Gasteiger partial charge in [-0.15, -0.1) is 0 Å². The lowest BCUT2D eigenvalue weighted by atomic mass is 9.71. The number of fused-ring (bicyclic) bond motifs is 2. The molecule has 0 aromatic heterocycles. The second kappa shape index (κ2) is 2.86. The molecule has 0 saturated heterocycles. The van der Waals surface area contributed by atoms with Crippen LogP contribution >= 0.6 is 0 Å². The summed E-state index contributed by atoms with van der Waals surface area (Å²) < 4.78 is 0. The fourth-order valence-corrected chi connectivity index (χ4v) is 3.09. The molecule has 0 aromatic rings. The van der Waals surface area contributed by atoms with Crippen LogP contribution in [0.15, 0.2) is 12.2 Å². The summed E-state index contributed by atoms with van der Waals surface area (Å²) in [5.74, 6) is 0.575. The summed E-state index contributed by atoms with van der Waals surface area (Å²) in [5, 5.41) is 8.87. The van der Waals surface area contributed by atoms with Gasteiger partial charge in [0, 0.05) is 0 Å². The van der Waals surface area contributed by atoms with Gasteiger partial charge < -0.3 is 5.11 Å². The molecule has 3 atom stereocenters. The van der Waals surface area contributed by atoms with E-state index >= 15 is 0 Å². The molecular formula is C11H16O2. The second-order valence-electron chi connectivity index (χ2n) is 4.48. The van der Waals surface area contributed by atoms with Gasteiger partial charge in [0.2, 0.25) is 0 Å². The Labute approximate surface area is 78.6 Å². The molecule has 1 fully saturated rings. The number of carbonyl (C=O) groups is 1. The van der Waals surface area contributed by atoms with Gasteiger partial charge >= 0.3 is 5.97 Å². The molecule has 0 amide bonds. The molecule has 2 aliphatic carbocycles. The predicted octanol–water partition coefficient (Wildman–Crippen LogP) is 2.45. The molecule has 2 bridgehead atoms. The molecule has 72 valence electrons. The van der Waals surface area contributed by atoms with E-state index in [0.29, 0.717) is 18.3 Å². The summed E-state index contributed by atoms with van der Waals surface area (Å²) >= 11 is 0. The maximum Gasteiger partial charge on any atom is 0.303 e. The Bertz CT molecular complexity index is 257. The van der Waals surface area contributed by atoms with Crippen LogP contribution in [-0.2, 0) is 4.79 Å². The normalized spacial score (nSPS) is 41.3. The molecule has 0 spiro atoms. The van der Waals surface area contributed by atoms with Crippen LogP contribution in [0.2, 0.25) is 0 Å². The SMILES string of the molecule is CCC1(CC(=O)O)CC2C=CC1C2. The molecule has 1 N–H and O–H groups in total. The summed E-state index contributed by atoms with van der Waals surface area (Å²) in [6, 6.07) is 0. The van der Waals surface area contributed by atoms with E-state index < -0.39 is 5.97 Å². The first-order valence-corrected chi connectivity index (χ1v) is 5.06. The molecule has 2 aliphatic rings. The van der Waals surface area contributed by atoms with Gasteiger partial charge in [0.05, 0.1) is 6.42 Å². The Morgan fingerprint density at radius 3 is 2.77 bits per heavy atom.